The Kier molecular flexibility index (Phi) is 6.52. The van der Waals surface area contributed by atoms with E-state index < -0.39 is 0 Å². The molecule has 150 valence electrons. The normalized spacial score (nSPS) is 10.2. The van der Waals surface area contributed by atoms with E-state index in [2.05, 4.69) is 10.3 Å². The van der Waals surface area contributed by atoms with Crippen molar-refractivity contribution in [2.75, 3.05) is 26.6 Å². The van der Waals surface area contributed by atoms with Crippen LogP contribution < -0.4 is 24.3 Å². The van der Waals surface area contributed by atoms with Crippen LogP contribution in [0, 0.1) is 0 Å². The Morgan fingerprint density at radius 3 is 2.45 bits per heavy atom. The quantitative estimate of drug-likeness (QED) is 0.623. The van der Waals surface area contributed by atoms with E-state index in [0.717, 1.165) is 5.56 Å². The van der Waals surface area contributed by atoms with Crippen LogP contribution >= 0.6 is 0 Å². The number of methoxy groups -OCH3 is 3. The number of rotatable bonds is 8. The monoisotopic (exact) mass is 394 g/mol. The van der Waals surface area contributed by atoms with Gasteiger partial charge in [-0.3, -0.25) is 9.78 Å². The number of hydrogen-bond donors (Lipinski definition) is 1. The molecule has 0 radical (unpaired) electrons. The van der Waals surface area contributed by atoms with Crippen molar-refractivity contribution in [1.29, 1.82) is 0 Å². The van der Waals surface area contributed by atoms with Gasteiger partial charge in [-0.25, -0.2) is 0 Å². The van der Waals surface area contributed by atoms with Crippen LogP contribution in [0.5, 0.6) is 23.0 Å². The Bertz CT molecular complexity index is 976. The second-order valence-electron chi connectivity index (χ2n) is 6.04. The molecular formula is C22H22N2O5. The number of ether oxygens (including phenoxy) is 4. The van der Waals surface area contributed by atoms with Gasteiger partial charge in [0.1, 0.15) is 18.1 Å². The summed E-state index contributed by atoms with van der Waals surface area (Å²) in [5.74, 6) is 1.79. The zero-order valence-corrected chi connectivity index (χ0v) is 16.5. The van der Waals surface area contributed by atoms with Gasteiger partial charge in [0.2, 0.25) is 0 Å². The summed E-state index contributed by atoms with van der Waals surface area (Å²) in [7, 11) is 4.62. The molecule has 3 aromatic rings. The highest BCUT2D eigenvalue weighted by atomic mass is 16.5. The molecule has 7 heteroatoms. The molecule has 0 aliphatic carbocycles. The van der Waals surface area contributed by atoms with Crippen LogP contribution in [0.15, 0.2) is 60.9 Å². The molecule has 3 rings (SSSR count). The molecule has 29 heavy (non-hydrogen) atoms. The molecule has 1 aromatic heterocycles. The van der Waals surface area contributed by atoms with Gasteiger partial charge in [-0.2, -0.15) is 0 Å². The zero-order chi connectivity index (χ0) is 20.6. The lowest BCUT2D eigenvalue weighted by molar-refractivity contribution is 0.102. The van der Waals surface area contributed by atoms with Gasteiger partial charge in [-0.05, 0) is 30.3 Å². The van der Waals surface area contributed by atoms with Crippen molar-refractivity contribution in [2.24, 2.45) is 0 Å². The minimum absolute atomic E-state index is 0.312. The molecule has 0 unspecified atom stereocenters. The number of carbonyl (C=O) groups excluding carboxylic acids is 1. The molecule has 0 saturated heterocycles. The number of amides is 1. The van der Waals surface area contributed by atoms with Crippen LogP contribution in [-0.4, -0.2) is 32.2 Å². The summed E-state index contributed by atoms with van der Waals surface area (Å²) < 4.78 is 21.7. The second kappa shape index (κ2) is 9.45. The molecule has 0 aliphatic rings. The molecule has 1 amide bonds. The molecule has 0 aliphatic heterocycles. The van der Waals surface area contributed by atoms with E-state index in [1.807, 2.05) is 12.1 Å². The summed E-state index contributed by atoms with van der Waals surface area (Å²) in [5, 5.41) is 2.85. The number of anilines is 1. The van der Waals surface area contributed by atoms with E-state index in [0.29, 0.717) is 40.9 Å². The number of aromatic nitrogens is 1. The largest absolute Gasteiger partial charge is 0.497 e. The van der Waals surface area contributed by atoms with Crippen LogP contribution in [0.4, 0.5) is 5.69 Å². The van der Waals surface area contributed by atoms with Crippen molar-refractivity contribution in [3.05, 3.63) is 72.1 Å². The summed E-state index contributed by atoms with van der Waals surface area (Å²) in [6, 6.07) is 14.0. The molecule has 1 N–H and O–H groups in total. The average molecular weight is 394 g/mol. The SMILES string of the molecule is COc1ccc(C(=O)Nc2ccc(OC)c(OCc3cccnc3)c2)c(OC)c1. The van der Waals surface area contributed by atoms with E-state index in [1.54, 1.807) is 63.0 Å². The third-order valence-corrected chi connectivity index (χ3v) is 4.19. The number of pyridine rings is 1. The number of nitrogens with zero attached hydrogens (tertiary/aromatic N) is 1. The summed E-state index contributed by atoms with van der Waals surface area (Å²) in [6.07, 6.45) is 3.43. The fourth-order valence-corrected chi connectivity index (χ4v) is 2.70. The predicted molar refractivity (Wildman–Crippen MR) is 109 cm³/mol. The lowest BCUT2D eigenvalue weighted by Gasteiger charge is -2.14. The van der Waals surface area contributed by atoms with E-state index >= 15 is 0 Å². The van der Waals surface area contributed by atoms with Crippen molar-refractivity contribution in [1.82, 2.24) is 4.98 Å². The number of carbonyl (C=O) groups is 1. The zero-order valence-electron chi connectivity index (χ0n) is 16.5. The first kappa shape index (κ1) is 20.0. The van der Waals surface area contributed by atoms with Crippen LogP contribution in [0.3, 0.4) is 0 Å². The summed E-state index contributed by atoms with van der Waals surface area (Å²) in [6.45, 7) is 0.327. The molecule has 0 fully saturated rings. The van der Waals surface area contributed by atoms with E-state index in [-0.39, 0.29) is 5.91 Å². The Morgan fingerprint density at radius 1 is 0.931 bits per heavy atom. The van der Waals surface area contributed by atoms with Gasteiger partial charge in [-0.1, -0.05) is 6.07 Å². The maximum atomic E-state index is 12.7. The third-order valence-electron chi connectivity index (χ3n) is 4.19. The minimum Gasteiger partial charge on any atom is -0.497 e. The molecule has 7 nitrogen and oxygen atoms in total. The Hall–Kier alpha value is -3.74. The van der Waals surface area contributed by atoms with Gasteiger partial charge in [0.05, 0.1) is 26.9 Å². The molecule has 0 atom stereocenters. The second-order valence-corrected chi connectivity index (χ2v) is 6.04. The summed E-state index contributed by atoms with van der Waals surface area (Å²) in [5.41, 5.74) is 1.88. The van der Waals surface area contributed by atoms with Crippen molar-refractivity contribution < 1.29 is 23.7 Å². The predicted octanol–water partition coefficient (Wildman–Crippen LogP) is 3.94. The summed E-state index contributed by atoms with van der Waals surface area (Å²) in [4.78, 5) is 16.8. The van der Waals surface area contributed by atoms with Gasteiger partial charge in [0, 0.05) is 35.8 Å². The minimum atomic E-state index is -0.312. The first-order valence-electron chi connectivity index (χ1n) is 8.87. The lowest BCUT2D eigenvalue weighted by atomic mass is 10.1. The summed E-state index contributed by atoms with van der Waals surface area (Å²) >= 11 is 0. The number of nitrogens with one attached hydrogen (secondary N) is 1. The Labute approximate surface area is 169 Å². The molecule has 0 spiro atoms. The maximum Gasteiger partial charge on any atom is 0.259 e. The van der Waals surface area contributed by atoms with Crippen LogP contribution in [-0.2, 0) is 6.61 Å². The first-order valence-corrected chi connectivity index (χ1v) is 8.87. The van der Waals surface area contributed by atoms with Crippen molar-refractivity contribution in [3.63, 3.8) is 0 Å². The highest BCUT2D eigenvalue weighted by Crippen LogP contribution is 2.32. The van der Waals surface area contributed by atoms with Gasteiger partial charge in [0.15, 0.2) is 11.5 Å². The average Bonchev–Trinajstić information content (AvgIpc) is 2.78. The highest BCUT2D eigenvalue weighted by Gasteiger charge is 2.15. The molecule has 0 saturated carbocycles. The van der Waals surface area contributed by atoms with E-state index in [9.17, 15) is 4.79 Å². The fourth-order valence-electron chi connectivity index (χ4n) is 2.70. The third kappa shape index (κ3) is 4.95. The molecule has 2 aromatic carbocycles. The van der Waals surface area contributed by atoms with E-state index in [1.165, 1.54) is 7.11 Å². The van der Waals surface area contributed by atoms with Gasteiger partial charge in [-0.15, -0.1) is 0 Å². The lowest BCUT2D eigenvalue weighted by Crippen LogP contribution is -2.13. The van der Waals surface area contributed by atoms with E-state index in [4.69, 9.17) is 18.9 Å². The standard InChI is InChI=1S/C22H22N2O5/c1-26-17-7-8-18(20(12-17)28-3)22(25)24-16-6-9-19(27-2)21(11-16)29-14-15-5-4-10-23-13-15/h4-13H,14H2,1-3H3,(H,24,25). The fraction of sp³-hybridized carbons (Fsp3) is 0.182. The Balaban J connectivity index is 1.78. The van der Waals surface area contributed by atoms with Crippen molar-refractivity contribution in [3.8, 4) is 23.0 Å². The Morgan fingerprint density at radius 2 is 1.76 bits per heavy atom. The smallest absolute Gasteiger partial charge is 0.259 e. The van der Waals surface area contributed by atoms with Crippen LogP contribution in [0.1, 0.15) is 15.9 Å². The molecule has 0 bridgehead atoms. The van der Waals surface area contributed by atoms with Crippen LogP contribution in [0.2, 0.25) is 0 Å². The van der Waals surface area contributed by atoms with Gasteiger partial charge in [0.25, 0.3) is 5.91 Å². The van der Waals surface area contributed by atoms with Gasteiger partial charge < -0.3 is 24.3 Å². The van der Waals surface area contributed by atoms with Crippen molar-refractivity contribution >= 4 is 11.6 Å². The molecular weight excluding hydrogens is 372 g/mol. The number of hydrogen-bond acceptors (Lipinski definition) is 6. The highest BCUT2D eigenvalue weighted by molar-refractivity contribution is 6.06. The van der Waals surface area contributed by atoms with Gasteiger partial charge >= 0.3 is 0 Å². The first-order chi connectivity index (χ1) is 14.1. The maximum absolute atomic E-state index is 12.7. The van der Waals surface area contributed by atoms with Crippen LogP contribution in [0.25, 0.3) is 0 Å². The molecule has 1 heterocycles. The number of benzene rings is 2. The topological polar surface area (TPSA) is 78.9 Å². The van der Waals surface area contributed by atoms with Crippen molar-refractivity contribution in [2.45, 2.75) is 6.61 Å².